The Morgan fingerprint density at radius 3 is 2.69 bits per heavy atom. The lowest BCUT2D eigenvalue weighted by Crippen LogP contribution is -2.70. The number of hydrogen-bond donors (Lipinski definition) is 3. The van der Waals surface area contributed by atoms with Gasteiger partial charge in [0.15, 0.2) is 0 Å². The van der Waals surface area contributed by atoms with Crippen molar-refractivity contribution in [1.29, 1.82) is 0 Å². The summed E-state index contributed by atoms with van der Waals surface area (Å²) in [6, 6.07) is 4.52. The first-order valence-corrected chi connectivity index (χ1v) is 11.0. The van der Waals surface area contributed by atoms with Gasteiger partial charge in [0, 0.05) is 24.4 Å². The molecular weight excluding hydrogens is 420 g/mol. The van der Waals surface area contributed by atoms with E-state index in [1.54, 1.807) is 18.9 Å². The number of amides is 3. The number of urea groups is 1. The van der Waals surface area contributed by atoms with E-state index < -0.39 is 47.9 Å². The van der Waals surface area contributed by atoms with Crippen LogP contribution in [0.2, 0.25) is 0 Å². The largest absolute Gasteiger partial charge is 0.497 e. The summed E-state index contributed by atoms with van der Waals surface area (Å²) in [5, 5.41) is 16.9. The van der Waals surface area contributed by atoms with Gasteiger partial charge in [-0.3, -0.25) is 15.0 Å². The lowest BCUT2D eigenvalue weighted by Gasteiger charge is -2.61. The minimum atomic E-state index is -2.50. The van der Waals surface area contributed by atoms with Crippen molar-refractivity contribution in [2.75, 3.05) is 27.2 Å². The lowest BCUT2D eigenvalue weighted by molar-refractivity contribution is -0.171. The number of hydrogen-bond acceptors (Lipinski definition) is 5. The molecule has 4 atom stereocenters. The standard InChI is InChI=1S/C23H33F2N3O4/c1-14-5-6-17(32-4)11-18(14)22-9-10-28(13-19(24)25)15(2)23(22,31)8-7-16(12-22)20(29)27-21(30)26-3/h5-6,11,15-16,19,31H,7-10,12-13H2,1-4H3,(H2,26,27,29,30). The van der Waals surface area contributed by atoms with Crippen LogP contribution in [0.1, 0.15) is 43.7 Å². The number of alkyl halides is 2. The normalized spacial score (nSPS) is 30.5. The molecule has 1 aliphatic carbocycles. The maximum atomic E-state index is 13.2. The van der Waals surface area contributed by atoms with E-state index in [2.05, 4.69) is 10.6 Å². The zero-order valence-electron chi connectivity index (χ0n) is 19.1. The van der Waals surface area contributed by atoms with Crippen LogP contribution in [0, 0.1) is 12.8 Å². The Morgan fingerprint density at radius 2 is 2.06 bits per heavy atom. The fourth-order valence-electron chi connectivity index (χ4n) is 5.74. The molecule has 178 valence electrons. The first-order chi connectivity index (χ1) is 15.1. The summed E-state index contributed by atoms with van der Waals surface area (Å²) < 4.78 is 31.9. The number of aryl methyl sites for hydroxylation is 1. The number of fused-ring (bicyclic) bond motifs is 1. The Morgan fingerprint density at radius 1 is 1.34 bits per heavy atom. The van der Waals surface area contributed by atoms with Crippen LogP contribution in [0.25, 0.3) is 0 Å². The Balaban J connectivity index is 2.07. The molecule has 3 rings (SSSR count). The number of imide groups is 1. The molecule has 0 bridgehead atoms. The first kappa shape index (κ1) is 24.4. The second kappa shape index (κ2) is 9.31. The molecule has 1 heterocycles. The molecule has 0 aromatic heterocycles. The number of halogens is 2. The fourth-order valence-corrected chi connectivity index (χ4v) is 5.74. The smallest absolute Gasteiger partial charge is 0.321 e. The van der Waals surface area contributed by atoms with Crippen LogP contribution in [0.5, 0.6) is 5.75 Å². The van der Waals surface area contributed by atoms with E-state index in [1.807, 2.05) is 25.1 Å². The van der Waals surface area contributed by atoms with Gasteiger partial charge in [-0.05, 0) is 69.3 Å². The van der Waals surface area contributed by atoms with E-state index in [1.165, 1.54) is 7.05 Å². The molecule has 1 aromatic rings. The molecule has 3 amide bonds. The molecule has 3 N–H and O–H groups in total. The van der Waals surface area contributed by atoms with Crippen LogP contribution in [0.4, 0.5) is 13.6 Å². The van der Waals surface area contributed by atoms with Crippen LogP contribution in [0.15, 0.2) is 18.2 Å². The molecule has 9 heteroatoms. The van der Waals surface area contributed by atoms with Crippen LogP contribution in [0.3, 0.4) is 0 Å². The van der Waals surface area contributed by atoms with Crippen LogP contribution in [-0.2, 0) is 10.2 Å². The van der Waals surface area contributed by atoms with Crippen molar-refractivity contribution in [3.63, 3.8) is 0 Å². The minimum absolute atomic E-state index is 0.260. The first-order valence-electron chi connectivity index (χ1n) is 11.0. The Hall–Kier alpha value is -2.26. The van der Waals surface area contributed by atoms with Crippen LogP contribution >= 0.6 is 0 Å². The average molecular weight is 454 g/mol. The van der Waals surface area contributed by atoms with Gasteiger partial charge >= 0.3 is 6.03 Å². The Bertz CT molecular complexity index is 868. The molecule has 32 heavy (non-hydrogen) atoms. The zero-order chi connectivity index (χ0) is 23.7. The highest BCUT2D eigenvalue weighted by Gasteiger charge is 2.62. The van der Waals surface area contributed by atoms with E-state index in [0.29, 0.717) is 31.6 Å². The van der Waals surface area contributed by atoms with Crippen LogP contribution < -0.4 is 15.4 Å². The molecular formula is C23H33F2N3O4. The van der Waals surface area contributed by atoms with Crippen molar-refractivity contribution >= 4 is 11.9 Å². The quantitative estimate of drug-likeness (QED) is 0.638. The van der Waals surface area contributed by atoms with Gasteiger partial charge in [-0.2, -0.15) is 0 Å². The third-order valence-electron chi connectivity index (χ3n) is 7.53. The summed E-state index contributed by atoms with van der Waals surface area (Å²) in [7, 11) is 3.00. The van der Waals surface area contributed by atoms with E-state index in [-0.39, 0.29) is 6.42 Å². The number of carbonyl (C=O) groups is 2. The summed E-state index contributed by atoms with van der Waals surface area (Å²) in [5.74, 6) is -0.261. The van der Waals surface area contributed by atoms with E-state index in [0.717, 1.165) is 11.1 Å². The van der Waals surface area contributed by atoms with E-state index in [4.69, 9.17) is 4.74 Å². The van der Waals surface area contributed by atoms with Gasteiger partial charge in [-0.15, -0.1) is 0 Å². The molecule has 7 nitrogen and oxygen atoms in total. The van der Waals surface area contributed by atoms with Crippen molar-refractivity contribution in [1.82, 2.24) is 15.5 Å². The number of rotatable bonds is 5. The lowest BCUT2D eigenvalue weighted by atomic mass is 9.51. The molecule has 2 aliphatic rings. The van der Waals surface area contributed by atoms with Gasteiger partial charge in [-0.25, -0.2) is 13.6 Å². The van der Waals surface area contributed by atoms with Gasteiger partial charge in [0.2, 0.25) is 5.91 Å². The number of methoxy groups -OCH3 is 1. The van der Waals surface area contributed by atoms with Crippen molar-refractivity contribution in [3.05, 3.63) is 29.3 Å². The predicted octanol–water partition coefficient (Wildman–Crippen LogP) is 2.59. The monoisotopic (exact) mass is 453 g/mol. The summed E-state index contributed by atoms with van der Waals surface area (Å²) in [5.41, 5.74) is -0.361. The SMILES string of the molecule is CNC(=O)NC(=O)C1CCC2(O)C(C)N(CC(F)F)CCC2(c2cc(OC)ccc2C)C1. The molecule has 1 aromatic carbocycles. The van der Waals surface area contributed by atoms with Gasteiger partial charge in [-0.1, -0.05) is 6.07 Å². The minimum Gasteiger partial charge on any atom is -0.497 e. The van der Waals surface area contributed by atoms with Crippen molar-refractivity contribution in [2.24, 2.45) is 5.92 Å². The van der Waals surface area contributed by atoms with Gasteiger partial charge in [0.1, 0.15) is 5.75 Å². The maximum absolute atomic E-state index is 13.2. The summed E-state index contributed by atoms with van der Waals surface area (Å²) >= 11 is 0. The summed E-state index contributed by atoms with van der Waals surface area (Å²) in [6.07, 6.45) is -1.15. The number of likely N-dealkylation sites (tertiary alicyclic amines) is 1. The molecule has 1 saturated heterocycles. The molecule has 1 aliphatic heterocycles. The van der Waals surface area contributed by atoms with Crippen molar-refractivity contribution in [3.8, 4) is 5.75 Å². The molecule has 1 saturated carbocycles. The van der Waals surface area contributed by atoms with Gasteiger partial charge < -0.3 is 15.2 Å². The maximum Gasteiger partial charge on any atom is 0.321 e. The number of nitrogens with zero attached hydrogens (tertiary/aromatic N) is 1. The third-order valence-corrected chi connectivity index (χ3v) is 7.53. The average Bonchev–Trinajstić information content (AvgIpc) is 2.76. The molecule has 0 spiro atoms. The zero-order valence-corrected chi connectivity index (χ0v) is 19.1. The number of carbonyl (C=O) groups excluding carboxylic acids is 2. The number of aliphatic hydroxyl groups is 1. The van der Waals surface area contributed by atoms with Crippen molar-refractivity contribution < 1.29 is 28.2 Å². The molecule has 4 unspecified atom stereocenters. The second-order valence-electron chi connectivity index (χ2n) is 9.01. The second-order valence-corrected chi connectivity index (χ2v) is 9.01. The summed E-state index contributed by atoms with van der Waals surface area (Å²) in [4.78, 5) is 26.2. The Labute approximate surface area is 187 Å². The van der Waals surface area contributed by atoms with E-state index in [9.17, 15) is 23.5 Å². The third kappa shape index (κ3) is 4.20. The van der Waals surface area contributed by atoms with Crippen LogP contribution in [-0.4, -0.2) is 67.3 Å². The number of benzene rings is 1. The fraction of sp³-hybridized carbons (Fsp3) is 0.652. The summed E-state index contributed by atoms with van der Waals surface area (Å²) in [6.45, 7) is 3.69. The van der Waals surface area contributed by atoms with Gasteiger partial charge in [0.05, 0.1) is 19.3 Å². The number of piperidine rings is 1. The highest BCUT2D eigenvalue weighted by atomic mass is 19.3. The number of ether oxygens (including phenoxy) is 1. The highest BCUT2D eigenvalue weighted by molar-refractivity contribution is 5.95. The number of nitrogens with one attached hydrogen (secondary N) is 2. The van der Waals surface area contributed by atoms with Crippen molar-refractivity contribution in [2.45, 2.75) is 63.0 Å². The Kier molecular flexibility index (Phi) is 7.09. The van der Waals surface area contributed by atoms with Gasteiger partial charge in [0.25, 0.3) is 6.43 Å². The predicted molar refractivity (Wildman–Crippen MR) is 116 cm³/mol. The topological polar surface area (TPSA) is 90.9 Å². The molecule has 2 fully saturated rings. The van der Waals surface area contributed by atoms with E-state index >= 15 is 0 Å². The molecule has 0 radical (unpaired) electrons. The highest BCUT2D eigenvalue weighted by Crippen LogP contribution is 2.56.